The maximum atomic E-state index is 11.1. The van der Waals surface area contributed by atoms with Crippen LogP contribution in [0, 0.1) is 0 Å². The summed E-state index contributed by atoms with van der Waals surface area (Å²) in [6, 6.07) is 6.01. The predicted octanol–water partition coefficient (Wildman–Crippen LogP) is 0.554. The van der Waals surface area contributed by atoms with E-state index in [-0.39, 0.29) is 25.5 Å². The van der Waals surface area contributed by atoms with Crippen LogP contribution < -0.4 is 0 Å². The average molecular weight is 317 g/mol. The Labute approximate surface area is 115 Å². The van der Waals surface area contributed by atoms with Gasteiger partial charge in [-0.2, -0.15) is 0 Å². The van der Waals surface area contributed by atoms with Gasteiger partial charge in [-0.25, -0.2) is 0 Å². The zero-order valence-corrected chi connectivity index (χ0v) is 11.5. The van der Waals surface area contributed by atoms with Gasteiger partial charge in [0.15, 0.2) is 0 Å². The third-order valence-corrected chi connectivity index (χ3v) is 4.38. The minimum atomic E-state index is -2.62. The topological polar surface area (TPSA) is 120 Å². The first-order valence-corrected chi connectivity index (χ1v) is 7.98. The molecule has 0 aliphatic heterocycles. The van der Waals surface area contributed by atoms with Crippen LogP contribution in [-0.4, -0.2) is 26.3 Å². The third-order valence-electron chi connectivity index (χ3n) is 2.42. The highest BCUT2D eigenvalue weighted by molar-refractivity contribution is 7.80. The van der Waals surface area contributed by atoms with Crippen molar-refractivity contribution in [1.29, 1.82) is 0 Å². The lowest BCUT2D eigenvalue weighted by molar-refractivity contribution is 0.534. The van der Waals surface area contributed by atoms with Gasteiger partial charge in [0.05, 0.1) is 0 Å². The highest BCUT2D eigenvalue weighted by atomic mass is 32.2. The lowest BCUT2D eigenvalue weighted by Gasteiger charge is -2.15. The van der Waals surface area contributed by atoms with Crippen molar-refractivity contribution in [3.63, 3.8) is 0 Å². The van der Waals surface area contributed by atoms with Gasteiger partial charge in [0.1, 0.15) is 0 Å². The molecule has 2 aromatic carbocycles. The molecule has 0 radical (unpaired) electrons. The molecule has 0 aliphatic carbocycles. The number of hydrogen-bond donors (Lipinski definition) is 0. The van der Waals surface area contributed by atoms with Gasteiger partial charge in [0.2, 0.25) is 0 Å². The molecule has 0 heterocycles. The molecular formula is C10H5O6S3-3. The van der Waals surface area contributed by atoms with E-state index in [9.17, 15) is 26.3 Å². The van der Waals surface area contributed by atoms with Gasteiger partial charge in [-0.15, -0.1) is 0 Å². The highest BCUT2D eigenvalue weighted by Gasteiger charge is 2.07. The molecule has 3 unspecified atom stereocenters. The predicted molar refractivity (Wildman–Crippen MR) is 65.5 cm³/mol. The summed E-state index contributed by atoms with van der Waals surface area (Å²) in [6.07, 6.45) is 0. The van der Waals surface area contributed by atoms with E-state index in [4.69, 9.17) is 0 Å². The Balaban J connectivity index is 2.83. The van der Waals surface area contributed by atoms with Crippen molar-refractivity contribution in [1.82, 2.24) is 0 Å². The van der Waals surface area contributed by atoms with Gasteiger partial charge < -0.3 is 13.7 Å². The molecule has 0 saturated carbocycles. The zero-order chi connectivity index (χ0) is 14.2. The van der Waals surface area contributed by atoms with Crippen LogP contribution in [0.4, 0.5) is 0 Å². The molecule has 0 bridgehead atoms. The van der Waals surface area contributed by atoms with Crippen LogP contribution >= 0.6 is 0 Å². The molecule has 19 heavy (non-hydrogen) atoms. The van der Waals surface area contributed by atoms with E-state index in [2.05, 4.69) is 0 Å². The van der Waals surface area contributed by atoms with E-state index in [1.807, 2.05) is 0 Å². The fourth-order valence-electron chi connectivity index (χ4n) is 1.62. The van der Waals surface area contributed by atoms with E-state index in [0.717, 1.165) is 6.07 Å². The Bertz CT molecular complexity index is 721. The highest BCUT2D eigenvalue weighted by Crippen LogP contribution is 2.26. The van der Waals surface area contributed by atoms with E-state index in [1.54, 1.807) is 0 Å². The van der Waals surface area contributed by atoms with Crippen molar-refractivity contribution >= 4 is 44.0 Å². The largest absolute Gasteiger partial charge is 0.768 e. The first-order valence-electron chi connectivity index (χ1n) is 4.76. The molecule has 2 rings (SSSR count). The second-order valence-corrected chi connectivity index (χ2v) is 6.30. The van der Waals surface area contributed by atoms with Crippen molar-refractivity contribution in [2.45, 2.75) is 14.7 Å². The third kappa shape index (κ3) is 2.96. The van der Waals surface area contributed by atoms with E-state index in [1.165, 1.54) is 24.3 Å². The molecule has 6 nitrogen and oxygen atoms in total. The summed E-state index contributed by atoms with van der Waals surface area (Å²) >= 11 is -7.71. The monoisotopic (exact) mass is 317 g/mol. The molecular weight excluding hydrogens is 312 g/mol. The minimum Gasteiger partial charge on any atom is -0.768 e. The Morgan fingerprint density at radius 1 is 0.737 bits per heavy atom. The van der Waals surface area contributed by atoms with Crippen molar-refractivity contribution in [3.8, 4) is 0 Å². The van der Waals surface area contributed by atoms with Crippen LogP contribution in [0.25, 0.3) is 10.8 Å². The lowest BCUT2D eigenvalue weighted by Crippen LogP contribution is -1.97. The van der Waals surface area contributed by atoms with Gasteiger partial charge in [-0.1, -0.05) is 6.07 Å². The maximum absolute atomic E-state index is 11.1. The number of fused-ring (bicyclic) bond motifs is 1. The standard InChI is InChI=1S/C10H8O6S3/c11-17(12)7-1-2-9-6(3-7)4-8(18(13)14)5-10(9)19(15)16/h1-5H,(H,11,12)(H,13,14)(H,15,16)/p-3. The molecule has 0 saturated heterocycles. The van der Waals surface area contributed by atoms with Crippen LogP contribution in [0.2, 0.25) is 0 Å². The Hall–Kier alpha value is -0.970. The fraction of sp³-hybridized carbons (Fsp3) is 0. The summed E-state index contributed by atoms with van der Waals surface area (Å²) in [5, 5.41) is 0.485. The summed E-state index contributed by atoms with van der Waals surface area (Å²) in [6.45, 7) is 0. The number of hydrogen-bond acceptors (Lipinski definition) is 6. The van der Waals surface area contributed by atoms with Gasteiger partial charge in [0.25, 0.3) is 0 Å². The molecule has 2 aromatic rings. The molecule has 0 spiro atoms. The van der Waals surface area contributed by atoms with E-state index >= 15 is 0 Å². The Kier molecular flexibility index (Phi) is 4.23. The molecule has 0 amide bonds. The van der Waals surface area contributed by atoms with Crippen molar-refractivity contribution in [3.05, 3.63) is 30.3 Å². The van der Waals surface area contributed by atoms with Gasteiger partial charge in [-0.3, -0.25) is 12.6 Å². The van der Waals surface area contributed by atoms with Crippen LogP contribution in [-0.2, 0) is 33.2 Å². The first kappa shape index (κ1) is 14.4. The maximum Gasteiger partial charge on any atom is 0.0338 e. The molecule has 9 heteroatoms. The number of benzene rings is 2. The molecule has 102 valence electrons. The summed E-state index contributed by atoms with van der Waals surface area (Å²) in [5.74, 6) is 0. The molecule has 0 N–H and O–H groups in total. The van der Waals surface area contributed by atoms with Crippen molar-refractivity contribution in [2.75, 3.05) is 0 Å². The van der Waals surface area contributed by atoms with Crippen molar-refractivity contribution < 1.29 is 26.3 Å². The molecule has 0 aliphatic rings. The summed E-state index contributed by atoms with van der Waals surface area (Å²) in [5.41, 5.74) is 0. The quantitative estimate of drug-likeness (QED) is 0.762. The van der Waals surface area contributed by atoms with Gasteiger partial charge in [0, 0.05) is 14.7 Å². The summed E-state index contributed by atoms with van der Waals surface area (Å²) in [4.78, 5) is -0.468. The zero-order valence-electron chi connectivity index (χ0n) is 9.06. The Morgan fingerprint density at radius 3 is 1.84 bits per heavy atom. The van der Waals surface area contributed by atoms with Crippen LogP contribution in [0.15, 0.2) is 45.0 Å². The first-order chi connectivity index (χ1) is 8.90. The van der Waals surface area contributed by atoms with Gasteiger partial charge >= 0.3 is 0 Å². The van der Waals surface area contributed by atoms with Gasteiger partial charge in [-0.05, 0) is 68.3 Å². The van der Waals surface area contributed by atoms with E-state index in [0.29, 0.717) is 0 Å². The fourth-order valence-corrected chi connectivity index (χ4v) is 3.13. The summed E-state index contributed by atoms with van der Waals surface area (Å²) in [7, 11) is 0. The van der Waals surface area contributed by atoms with Crippen molar-refractivity contribution in [2.24, 2.45) is 0 Å². The van der Waals surface area contributed by atoms with Crippen LogP contribution in [0.3, 0.4) is 0 Å². The van der Waals surface area contributed by atoms with Crippen LogP contribution in [0.1, 0.15) is 0 Å². The molecule has 3 atom stereocenters. The second-order valence-electron chi connectivity index (χ2n) is 3.51. The number of rotatable bonds is 3. The van der Waals surface area contributed by atoms with Crippen LogP contribution in [0.5, 0.6) is 0 Å². The average Bonchev–Trinajstić information content (AvgIpc) is 2.36. The second kappa shape index (κ2) is 5.57. The smallest absolute Gasteiger partial charge is 0.0338 e. The Morgan fingerprint density at radius 2 is 1.32 bits per heavy atom. The summed E-state index contributed by atoms with van der Waals surface area (Å²) < 4.78 is 65.7. The lowest BCUT2D eigenvalue weighted by atomic mass is 10.1. The minimum absolute atomic E-state index is 0.0519. The van der Waals surface area contributed by atoms with E-state index < -0.39 is 33.2 Å². The normalized spacial score (nSPS) is 16.2. The SMILES string of the molecule is O=S([O-])c1ccc2c(S(=O)[O-])cc(S(=O)[O-])cc2c1. The molecule has 0 fully saturated rings. The molecule has 0 aromatic heterocycles.